The molecule has 0 aliphatic rings. The normalized spacial score (nSPS) is 11.8. The molecule has 0 radical (unpaired) electrons. The van der Waals surface area contributed by atoms with Crippen molar-refractivity contribution < 1.29 is 4.42 Å². The van der Waals surface area contributed by atoms with Gasteiger partial charge in [0.1, 0.15) is 16.2 Å². The smallest absolute Gasteiger partial charge is 0.166 e. The molecule has 0 unspecified atom stereocenters. The summed E-state index contributed by atoms with van der Waals surface area (Å²) in [5.41, 5.74) is 6.21. The Kier molecular flexibility index (Phi) is 6.35. The quantitative estimate of drug-likeness (QED) is 0.173. The number of furan rings is 1. The first-order chi connectivity index (χ1) is 25.7. The Bertz CT molecular complexity index is 3200. The van der Waals surface area contributed by atoms with Crippen molar-refractivity contribution in [2.75, 3.05) is 0 Å². The van der Waals surface area contributed by atoms with Gasteiger partial charge in [-0.25, -0.2) is 19.9 Å². The second-order valence-corrected chi connectivity index (χ2v) is 14.0. The van der Waals surface area contributed by atoms with Crippen molar-refractivity contribution in [3.63, 3.8) is 0 Å². The van der Waals surface area contributed by atoms with Gasteiger partial charge in [-0.3, -0.25) is 0 Å². The Hall–Kier alpha value is -6.76. The predicted octanol–water partition coefficient (Wildman–Crippen LogP) is 12.5. The molecular weight excluding hydrogens is 657 g/mol. The molecule has 3 aromatic heterocycles. The highest BCUT2D eigenvalue weighted by atomic mass is 32.1. The third-order valence-corrected chi connectivity index (χ3v) is 11.1. The molecule has 0 aliphatic heterocycles. The molecule has 0 aliphatic carbocycles. The van der Waals surface area contributed by atoms with Crippen molar-refractivity contribution in [2.24, 2.45) is 0 Å². The molecule has 8 aromatic carbocycles. The average molecular weight is 683 g/mol. The van der Waals surface area contributed by atoms with Crippen LogP contribution in [0.4, 0.5) is 0 Å². The van der Waals surface area contributed by atoms with Crippen LogP contribution in [0.1, 0.15) is 0 Å². The van der Waals surface area contributed by atoms with E-state index in [1.165, 1.54) is 26.9 Å². The number of aromatic nitrogens is 4. The number of hydrogen-bond acceptors (Lipinski definition) is 6. The number of hydrogen-bond donors (Lipinski definition) is 0. The fraction of sp³-hybridized carbons (Fsp3) is 0. The van der Waals surface area contributed by atoms with Crippen LogP contribution in [0, 0.1) is 0 Å². The fourth-order valence-electron chi connectivity index (χ4n) is 7.40. The van der Waals surface area contributed by atoms with Gasteiger partial charge in [0.25, 0.3) is 0 Å². The number of rotatable bonds is 4. The summed E-state index contributed by atoms with van der Waals surface area (Å²) in [7, 11) is 0. The molecule has 242 valence electrons. The molecule has 0 fully saturated rings. The highest BCUT2D eigenvalue weighted by molar-refractivity contribution is 7.22. The van der Waals surface area contributed by atoms with Gasteiger partial charge in [-0.2, -0.15) is 0 Å². The van der Waals surface area contributed by atoms with Crippen LogP contribution in [0.5, 0.6) is 0 Å². The molecule has 0 bridgehead atoms. The number of fused-ring (bicyclic) bond motifs is 8. The van der Waals surface area contributed by atoms with Gasteiger partial charge in [0.15, 0.2) is 17.5 Å². The highest BCUT2D eigenvalue weighted by Gasteiger charge is 2.24. The minimum atomic E-state index is 0.581. The standard InChI is InChI=1S/C46H26N4OS/c1-2-12-30(13-3-1)43-48-44(32-22-21-29-20-19-28-11-6-7-15-34(28)36(29)25-32)50-45(49-43)41-40-35-16-8-9-17-38(35)51-39(40)26-37-42(41)52-46(47-37)33-23-18-27-10-4-5-14-31(27)24-33/h1-26H. The summed E-state index contributed by atoms with van der Waals surface area (Å²) in [6.07, 6.45) is 0. The zero-order chi connectivity index (χ0) is 34.2. The first-order valence-electron chi connectivity index (χ1n) is 17.2. The Morgan fingerprint density at radius 3 is 1.90 bits per heavy atom. The van der Waals surface area contributed by atoms with Gasteiger partial charge in [-0.1, -0.05) is 133 Å². The maximum atomic E-state index is 6.51. The number of nitrogens with zero attached hydrogens (tertiary/aromatic N) is 4. The largest absolute Gasteiger partial charge is 0.456 e. The van der Waals surface area contributed by atoms with Gasteiger partial charge < -0.3 is 4.42 Å². The molecule has 5 nitrogen and oxygen atoms in total. The van der Waals surface area contributed by atoms with Crippen LogP contribution in [0.25, 0.3) is 109 Å². The van der Waals surface area contributed by atoms with Gasteiger partial charge in [0, 0.05) is 33.5 Å². The van der Waals surface area contributed by atoms with Gasteiger partial charge in [-0.15, -0.1) is 11.3 Å². The molecule has 11 aromatic rings. The van der Waals surface area contributed by atoms with Crippen molar-refractivity contribution in [2.45, 2.75) is 0 Å². The van der Waals surface area contributed by atoms with Crippen LogP contribution in [0.2, 0.25) is 0 Å². The lowest BCUT2D eigenvalue weighted by Gasteiger charge is -2.11. The third-order valence-electron chi connectivity index (χ3n) is 9.91. The summed E-state index contributed by atoms with van der Waals surface area (Å²) in [6.45, 7) is 0. The van der Waals surface area contributed by atoms with E-state index < -0.39 is 0 Å². The Morgan fingerprint density at radius 2 is 1.04 bits per heavy atom. The summed E-state index contributed by atoms with van der Waals surface area (Å²) in [6, 6.07) is 54.6. The summed E-state index contributed by atoms with van der Waals surface area (Å²) in [5, 5.41) is 10.0. The van der Waals surface area contributed by atoms with Crippen molar-refractivity contribution in [3.05, 3.63) is 158 Å². The summed E-state index contributed by atoms with van der Waals surface area (Å²) in [4.78, 5) is 20.9. The van der Waals surface area contributed by atoms with E-state index in [9.17, 15) is 0 Å². The molecule has 3 heterocycles. The fourth-order valence-corrected chi connectivity index (χ4v) is 8.49. The Morgan fingerprint density at radius 1 is 0.404 bits per heavy atom. The Balaban J connectivity index is 1.21. The van der Waals surface area contributed by atoms with E-state index >= 15 is 0 Å². The van der Waals surface area contributed by atoms with Gasteiger partial charge in [-0.05, 0) is 50.5 Å². The maximum Gasteiger partial charge on any atom is 0.166 e. The van der Waals surface area contributed by atoms with Crippen molar-refractivity contribution in [1.82, 2.24) is 19.9 Å². The van der Waals surface area contributed by atoms with E-state index in [1.807, 2.05) is 48.5 Å². The molecule has 0 atom stereocenters. The highest BCUT2D eigenvalue weighted by Crippen LogP contribution is 2.45. The average Bonchev–Trinajstić information content (AvgIpc) is 3.81. The zero-order valence-corrected chi connectivity index (χ0v) is 28.4. The topological polar surface area (TPSA) is 64.7 Å². The molecule has 0 saturated carbocycles. The van der Waals surface area contributed by atoms with Gasteiger partial charge in [0.2, 0.25) is 0 Å². The molecule has 6 heteroatoms. The van der Waals surface area contributed by atoms with Crippen LogP contribution in [0.3, 0.4) is 0 Å². The number of thiazole rings is 1. The van der Waals surface area contributed by atoms with Crippen LogP contribution in [0.15, 0.2) is 162 Å². The van der Waals surface area contributed by atoms with E-state index in [0.717, 1.165) is 64.8 Å². The van der Waals surface area contributed by atoms with Crippen LogP contribution < -0.4 is 0 Å². The lowest BCUT2D eigenvalue weighted by atomic mass is 9.99. The molecule has 0 amide bonds. The van der Waals surface area contributed by atoms with E-state index in [-0.39, 0.29) is 0 Å². The first-order valence-corrected chi connectivity index (χ1v) is 18.0. The van der Waals surface area contributed by atoms with Crippen molar-refractivity contribution >= 4 is 75.8 Å². The monoisotopic (exact) mass is 682 g/mol. The second kappa shape index (κ2) is 11.4. The summed E-state index contributed by atoms with van der Waals surface area (Å²) in [5.74, 6) is 1.80. The van der Waals surface area contributed by atoms with E-state index in [0.29, 0.717) is 17.5 Å². The first kappa shape index (κ1) is 29.0. The zero-order valence-electron chi connectivity index (χ0n) is 27.6. The van der Waals surface area contributed by atoms with Gasteiger partial charge >= 0.3 is 0 Å². The molecule has 0 N–H and O–H groups in total. The lowest BCUT2D eigenvalue weighted by Crippen LogP contribution is -2.00. The van der Waals surface area contributed by atoms with Gasteiger partial charge in [0.05, 0.1) is 15.8 Å². The summed E-state index contributed by atoms with van der Waals surface area (Å²) < 4.78 is 7.51. The van der Waals surface area contributed by atoms with Crippen LogP contribution in [-0.2, 0) is 0 Å². The minimum absolute atomic E-state index is 0.581. The van der Waals surface area contributed by atoms with E-state index in [4.69, 9.17) is 24.4 Å². The third kappa shape index (κ3) is 4.62. The molecular formula is C46H26N4OS. The van der Waals surface area contributed by atoms with E-state index in [2.05, 4.69) is 109 Å². The molecule has 0 saturated heterocycles. The predicted molar refractivity (Wildman–Crippen MR) is 215 cm³/mol. The molecule has 11 rings (SSSR count). The van der Waals surface area contributed by atoms with Crippen molar-refractivity contribution in [3.8, 4) is 44.7 Å². The Labute approximate surface area is 301 Å². The second-order valence-electron chi connectivity index (χ2n) is 13.0. The molecule has 52 heavy (non-hydrogen) atoms. The minimum Gasteiger partial charge on any atom is -0.456 e. The van der Waals surface area contributed by atoms with Crippen LogP contribution >= 0.6 is 11.3 Å². The van der Waals surface area contributed by atoms with E-state index in [1.54, 1.807) is 11.3 Å². The summed E-state index contributed by atoms with van der Waals surface area (Å²) >= 11 is 1.66. The maximum absolute atomic E-state index is 6.51. The van der Waals surface area contributed by atoms with Crippen LogP contribution in [-0.4, -0.2) is 19.9 Å². The lowest BCUT2D eigenvalue weighted by molar-refractivity contribution is 0.669. The number of benzene rings is 8. The molecule has 0 spiro atoms. The SMILES string of the molecule is c1ccc(-c2nc(-c3ccc4ccc5ccccc5c4c3)nc(-c3c4sc(-c5ccc6ccccc6c5)nc4cc4oc5ccccc5c34)n2)cc1. The van der Waals surface area contributed by atoms with Crippen molar-refractivity contribution in [1.29, 1.82) is 0 Å². The number of para-hydroxylation sites is 1.